The minimum atomic E-state index is -0.240. The molecule has 2 heterocycles. The number of nitrogens with zero attached hydrogens (tertiary/aromatic N) is 5. The van der Waals surface area contributed by atoms with Crippen molar-refractivity contribution in [2.75, 3.05) is 13.7 Å². The van der Waals surface area contributed by atoms with Gasteiger partial charge in [-0.3, -0.25) is 4.79 Å². The second-order valence-corrected chi connectivity index (χ2v) is 7.65. The number of rotatable bonds is 7. The predicted molar refractivity (Wildman–Crippen MR) is 122 cm³/mol. The van der Waals surface area contributed by atoms with E-state index in [1.165, 1.54) is 0 Å². The number of aromatic nitrogens is 5. The van der Waals surface area contributed by atoms with E-state index < -0.39 is 0 Å². The van der Waals surface area contributed by atoms with E-state index in [1.807, 2.05) is 61.9 Å². The van der Waals surface area contributed by atoms with Crippen LogP contribution in [0.2, 0.25) is 0 Å². The summed E-state index contributed by atoms with van der Waals surface area (Å²) in [4.78, 5) is 12.6. The van der Waals surface area contributed by atoms with Gasteiger partial charge in [0, 0.05) is 18.3 Å². The number of hydrogen-bond donors (Lipinski definition) is 1. The summed E-state index contributed by atoms with van der Waals surface area (Å²) in [5.74, 6) is 0.475. The molecule has 0 aliphatic carbocycles. The van der Waals surface area contributed by atoms with Crippen molar-refractivity contribution < 1.29 is 9.53 Å². The Morgan fingerprint density at radius 3 is 2.47 bits per heavy atom. The van der Waals surface area contributed by atoms with Gasteiger partial charge in [-0.25, -0.2) is 9.36 Å². The third-order valence-electron chi connectivity index (χ3n) is 5.30. The van der Waals surface area contributed by atoms with Crippen molar-refractivity contribution in [2.24, 2.45) is 0 Å². The van der Waals surface area contributed by atoms with Crippen LogP contribution in [0, 0.1) is 20.8 Å². The Morgan fingerprint density at radius 1 is 1.00 bits per heavy atom. The van der Waals surface area contributed by atoms with Crippen molar-refractivity contribution in [1.82, 2.24) is 30.1 Å². The van der Waals surface area contributed by atoms with E-state index in [2.05, 4.69) is 38.9 Å². The number of ether oxygens (including phenoxy) is 1. The van der Waals surface area contributed by atoms with E-state index in [0.29, 0.717) is 30.1 Å². The van der Waals surface area contributed by atoms with Crippen molar-refractivity contribution >= 4 is 5.91 Å². The molecule has 0 aliphatic rings. The molecular formula is C24H26N6O2. The zero-order chi connectivity index (χ0) is 22.7. The molecule has 0 aliphatic heterocycles. The number of nitrogens with one attached hydrogen (secondary N) is 1. The third-order valence-corrected chi connectivity index (χ3v) is 5.30. The Balaban J connectivity index is 1.37. The summed E-state index contributed by atoms with van der Waals surface area (Å²) in [6, 6.07) is 17.7. The summed E-state index contributed by atoms with van der Waals surface area (Å²) in [6.45, 7) is 6.35. The summed E-state index contributed by atoms with van der Waals surface area (Å²) >= 11 is 0. The van der Waals surface area contributed by atoms with Gasteiger partial charge in [0.15, 0.2) is 5.69 Å². The van der Waals surface area contributed by atoms with Crippen molar-refractivity contribution in [3.63, 3.8) is 0 Å². The fraction of sp³-hybridized carbons (Fsp3) is 0.250. The molecule has 32 heavy (non-hydrogen) atoms. The number of amides is 1. The minimum Gasteiger partial charge on any atom is -0.497 e. The first-order valence-electron chi connectivity index (χ1n) is 10.4. The lowest BCUT2D eigenvalue weighted by Gasteiger charge is -2.08. The molecule has 4 rings (SSSR count). The van der Waals surface area contributed by atoms with Gasteiger partial charge in [-0.05, 0) is 63.1 Å². The molecular weight excluding hydrogens is 404 g/mol. The van der Waals surface area contributed by atoms with Crippen LogP contribution in [0.5, 0.6) is 5.75 Å². The zero-order valence-electron chi connectivity index (χ0n) is 18.7. The largest absolute Gasteiger partial charge is 0.497 e. The van der Waals surface area contributed by atoms with Crippen LogP contribution < -0.4 is 10.1 Å². The highest BCUT2D eigenvalue weighted by molar-refractivity contribution is 5.93. The smallest absolute Gasteiger partial charge is 0.273 e. The Labute approximate surface area is 186 Å². The highest BCUT2D eigenvalue weighted by Gasteiger charge is 2.17. The topological polar surface area (TPSA) is 86.9 Å². The van der Waals surface area contributed by atoms with E-state index in [1.54, 1.807) is 11.8 Å². The average molecular weight is 431 g/mol. The standard InChI is InChI=1S/C24H26N6O2/c1-16-14-17(2)29(27-16)20-10-8-19(9-11-20)12-13-25-24(31)23-18(3)30(28-26-23)21-6-5-7-22(15-21)32-4/h5-11,14-15H,12-13H2,1-4H3,(H,25,31). The van der Waals surface area contributed by atoms with Crippen LogP contribution in [0.3, 0.4) is 0 Å². The molecule has 0 spiro atoms. The van der Waals surface area contributed by atoms with Gasteiger partial charge in [0.1, 0.15) is 5.75 Å². The maximum absolute atomic E-state index is 12.6. The van der Waals surface area contributed by atoms with Gasteiger partial charge in [-0.2, -0.15) is 5.10 Å². The maximum atomic E-state index is 12.6. The van der Waals surface area contributed by atoms with Crippen molar-refractivity contribution in [3.8, 4) is 17.1 Å². The van der Waals surface area contributed by atoms with Crippen LogP contribution >= 0.6 is 0 Å². The van der Waals surface area contributed by atoms with Crippen molar-refractivity contribution in [2.45, 2.75) is 27.2 Å². The normalized spacial score (nSPS) is 10.9. The first-order chi connectivity index (χ1) is 15.5. The molecule has 0 saturated heterocycles. The second kappa shape index (κ2) is 9.05. The quantitative estimate of drug-likeness (QED) is 0.486. The van der Waals surface area contributed by atoms with E-state index >= 15 is 0 Å². The van der Waals surface area contributed by atoms with Crippen LogP contribution in [0.15, 0.2) is 54.6 Å². The molecule has 164 valence electrons. The molecule has 0 fully saturated rings. The van der Waals surface area contributed by atoms with Crippen LogP contribution in [-0.4, -0.2) is 44.3 Å². The fourth-order valence-electron chi connectivity index (χ4n) is 3.62. The van der Waals surface area contributed by atoms with Gasteiger partial charge < -0.3 is 10.1 Å². The molecule has 0 unspecified atom stereocenters. The maximum Gasteiger partial charge on any atom is 0.273 e. The summed E-state index contributed by atoms with van der Waals surface area (Å²) in [6.07, 6.45) is 0.714. The monoisotopic (exact) mass is 430 g/mol. The molecule has 0 bridgehead atoms. The average Bonchev–Trinajstić information content (AvgIpc) is 3.35. The first-order valence-corrected chi connectivity index (χ1v) is 10.4. The van der Waals surface area contributed by atoms with E-state index in [0.717, 1.165) is 28.3 Å². The molecule has 1 amide bonds. The van der Waals surface area contributed by atoms with E-state index in [9.17, 15) is 4.79 Å². The van der Waals surface area contributed by atoms with Gasteiger partial charge in [0.05, 0.1) is 29.9 Å². The number of carbonyl (C=O) groups excluding carboxylic acids is 1. The first kappa shape index (κ1) is 21.3. The Hall–Kier alpha value is -3.94. The highest BCUT2D eigenvalue weighted by Crippen LogP contribution is 2.18. The number of carbonyl (C=O) groups is 1. The summed E-state index contributed by atoms with van der Waals surface area (Å²) in [5, 5.41) is 15.7. The van der Waals surface area contributed by atoms with E-state index in [-0.39, 0.29) is 5.91 Å². The zero-order valence-corrected chi connectivity index (χ0v) is 18.7. The molecule has 1 N–H and O–H groups in total. The highest BCUT2D eigenvalue weighted by atomic mass is 16.5. The Morgan fingerprint density at radius 2 is 1.78 bits per heavy atom. The fourth-order valence-corrected chi connectivity index (χ4v) is 3.62. The number of benzene rings is 2. The molecule has 2 aromatic carbocycles. The summed E-state index contributed by atoms with van der Waals surface area (Å²) < 4.78 is 8.82. The molecule has 8 heteroatoms. The van der Waals surface area contributed by atoms with Crippen LogP contribution in [0.25, 0.3) is 11.4 Å². The predicted octanol–water partition coefficient (Wildman–Crippen LogP) is 3.36. The van der Waals surface area contributed by atoms with Gasteiger partial charge in [-0.1, -0.05) is 23.4 Å². The van der Waals surface area contributed by atoms with Crippen LogP contribution in [-0.2, 0) is 6.42 Å². The van der Waals surface area contributed by atoms with Gasteiger partial charge in [0.2, 0.25) is 0 Å². The third kappa shape index (κ3) is 4.39. The molecule has 0 saturated carbocycles. The second-order valence-electron chi connectivity index (χ2n) is 7.65. The number of methoxy groups -OCH3 is 1. The number of hydrogen-bond acceptors (Lipinski definition) is 5. The lowest BCUT2D eigenvalue weighted by molar-refractivity contribution is 0.0948. The Bertz CT molecular complexity index is 1240. The molecule has 0 atom stereocenters. The molecule has 2 aromatic heterocycles. The molecule has 0 radical (unpaired) electrons. The molecule has 4 aromatic rings. The van der Waals surface area contributed by atoms with E-state index in [4.69, 9.17) is 4.74 Å². The van der Waals surface area contributed by atoms with Crippen molar-refractivity contribution in [3.05, 3.63) is 82.9 Å². The lowest BCUT2D eigenvalue weighted by Crippen LogP contribution is -2.26. The molecule has 8 nitrogen and oxygen atoms in total. The number of aryl methyl sites for hydroxylation is 2. The SMILES string of the molecule is COc1cccc(-n2nnc(C(=O)NCCc3ccc(-n4nc(C)cc4C)cc3)c2C)c1. The van der Waals surface area contributed by atoms with Gasteiger partial charge >= 0.3 is 0 Å². The van der Waals surface area contributed by atoms with Crippen LogP contribution in [0.4, 0.5) is 0 Å². The van der Waals surface area contributed by atoms with Gasteiger partial charge in [0.25, 0.3) is 5.91 Å². The summed E-state index contributed by atoms with van der Waals surface area (Å²) in [7, 11) is 1.61. The van der Waals surface area contributed by atoms with Crippen LogP contribution in [0.1, 0.15) is 33.1 Å². The summed E-state index contributed by atoms with van der Waals surface area (Å²) in [5.41, 5.74) is 6.02. The minimum absolute atomic E-state index is 0.240. The van der Waals surface area contributed by atoms with Crippen molar-refractivity contribution in [1.29, 1.82) is 0 Å². The lowest BCUT2D eigenvalue weighted by atomic mass is 10.1. The van der Waals surface area contributed by atoms with Gasteiger partial charge in [-0.15, -0.1) is 5.10 Å². The Kier molecular flexibility index (Phi) is 6.02.